The monoisotopic (exact) mass is 404 g/mol. The van der Waals surface area contributed by atoms with Crippen LogP contribution in [0, 0.1) is 13.8 Å². The van der Waals surface area contributed by atoms with Gasteiger partial charge in [-0.15, -0.1) is 11.3 Å². The quantitative estimate of drug-likeness (QED) is 0.687. The van der Waals surface area contributed by atoms with Crippen molar-refractivity contribution in [2.24, 2.45) is 0 Å². The second kappa shape index (κ2) is 9.36. The molecule has 0 aliphatic rings. The average molecular weight is 404 g/mol. The number of thiophene rings is 1. The van der Waals surface area contributed by atoms with E-state index in [4.69, 9.17) is 15.2 Å². The molecule has 2 rings (SSSR count). The van der Waals surface area contributed by atoms with Gasteiger partial charge in [-0.25, -0.2) is 4.79 Å². The summed E-state index contributed by atoms with van der Waals surface area (Å²) in [5.74, 6) is -1.52. The van der Waals surface area contributed by atoms with Gasteiger partial charge in [0.25, 0.3) is 5.91 Å². The van der Waals surface area contributed by atoms with Gasteiger partial charge >= 0.3 is 11.9 Å². The molecule has 8 heteroatoms. The van der Waals surface area contributed by atoms with Crippen molar-refractivity contribution in [1.29, 1.82) is 0 Å². The Labute approximate surface area is 167 Å². The van der Waals surface area contributed by atoms with E-state index in [1.165, 1.54) is 7.05 Å². The Morgan fingerprint density at radius 2 is 1.86 bits per heavy atom. The van der Waals surface area contributed by atoms with Crippen molar-refractivity contribution in [3.63, 3.8) is 0 Å². The lowest BCUT2D eigenvalue weighted by atomic mass is 10.0. The van der Waals surface area contributed by atoms with Crippen molar-refractivity contribution in [3.05, 3.63) is 50.9 Å². The van der Waals surface area contributed by atoms with Crippen LogP contribution in [-0.2, 0) is 27.3 Å². The van der Waals surface area contributed by atoms with Gasteiger partial charge in [0.05, 0.1) is 13.0 Å². The molecule has 0 fully saturated rings. The molecule has 0 unspecified atom stereocenters. The smallest absolute Gasteiger partial charge is 0.341 e. The van der Waals surface area contributed by atoms with E-state index in [9.17, 15) is 14.4 Å². The molecule has 1 heterocycles. The van der Waals surface area contributed by atoms with Crippen LogP contribution in [0.3, 0.4) is 0 Å². The predicted molar refractivity (Wildman–Crippen MR) is 107 cm³/mol. The second-order valence-electron chi connectivity index (χ2n) is 6.20. The summed E-state index contributed by atoms with van der Waals surface area (Å²) in [4.78, 5) is 36.9. The van der Waals surface area contributed by atoms with Crippen LogP contribution in [0.2, 0.25) is 0 Å². The summed E-state index contributed by atoms with van der Waals surface area (Å²) < 4.78 is 10.4. The Kier molecular flexibility index (Phi) is 7.17. The number of benzene rings is 1. The van der Waals surface area contributed by atoms with E-state index in [2.05, 4.69) is 5.32 Å². The van der Waals surface area contributed by atoms with Crippen molar-refractivity contribution in [2.75, 3.05) is 19.4 Å². The number of nitrogen functional groups attached to an aromatic ring is 1. The Morgan fingerprint density at radius 1 is 1.14 bits per heavy atom. The van der Waals surface area contributed by atoms with E-state index < -0.39 is 17.8 Å². The van der Waals surface area contributed by atoms with Gasteiger partial charge in [0.15, 0.2) is 0 Å². The Bertz CT molecular complexity index is 904. The zero-order valence-electron chi connectivity index (χ0n) is 16.4. The fraction of sp³-hybridized carbons (Fsp3) is 0.350. The molecule has 1 aromatic heterocycles. The number of anilines is 1. The Morgan fingerprint density at radius 3 is 2.46 bits per heavy atom. The molecule has 150 valence electrons. The molecule has 1 aromatic carbocycles. The van der Waals surface area contributed by atoms with Crippen LogP contribution >= 0.6 is 11.3 Å². The minimum absolute atomic E-state index is 0.0735. The van der Waals surface area contributed by atoms with E-state index in [0.717, 1.165) is 28.0 Å². The number of carbonyl (C=O) groups excluding carboxylic acids is 3. The zero-order chi connectivity index (χ0) is 20.8. The van der Waals surface area contributed by atoms with E-state index in [1.807, 2.05) is 32.0 Å². The lowest BCUT2D eigenvalue weighted by Crippen LogP contribution is -2.20. The number of rotatable bonds is 7. The normalized spacial score (nSPS) is 10.4. The molecule has 0 bridgehead atoms. The molecule has 7 nitrogen and oxygen atoms in total. The summed E-state index contributed by atoms with van der Waals surface area (Å²) in [6.07, 6.45) is 0.0881. The van der Waals surface area contributed by atoms with Crippen molar-refractivity contribution in [1.82, 2.24) is 5.32 Å². The first-order chi connectivity index (χ1) is 13.3. The van der Waals surface area contributed by atoms with Gasteiger partial charge in [0.2, 0.25) is 0 Å². The molecule has 0 atom stereocenters. The Balaban J connectivity index is 2.21. The summed E-state index contributed by atoms with van der Waals surface area (Å²) >= 11 is 0.961. The first-order valence-corrected chi connectivity index (χ1v) is 9.62. The van der Waals surface area contributed by atoms with Crippen LogP contribution in [0.4, 0.5) is 5.00 Å². The molecule has 0 saturated carbocycles. The molecule has 0 radical (unpaired) electrons. The molecule has 0 saturated heterocycles. The molecule has 3 N–H and O–H groups in total. The summed E-state index contributed by atoms with van der Waals surface area (Å²) in [5.41, 5.74) is 9.31. The van der Waals surface area contributed by atoms with Crippen molar-refractivity contribution < 1.29 is 23.9 Å². The van der Waals surface area contributed by atoms with Crippen LogP contribution < -0.4 is 11.1 Å². The third kappa shape index (κ3) is 4.89. The van der Waals surface area contributed by atoms with Gasteiger partial charge < -0.3 is 20.5 Å². The van der Waals surface area contributed by atoms with Crippen LogP contribution in [0.5, 0.6) is 0 Å². The first-order valence-electron chi connectivity index (χ1n) is 8.80. The number of nitrogens with one attached hydrogen (secondary N) is 1. The molecule has 1 amide bonds. The van der Waals surface area contributed by atoms with E-state index >= 15 is 0 Å². The summed E-state index contributed by atoms with van der Waals surface area (Å²) in [6, 6.07) is 5.74. The van der Waals surface area contributed by atoms with Crippen LogP contribution in [0.1, 0.15) is 49.2 Å². The third-order valence-electron chi connectivity index (χ3n) is 4.24. The second-order valence-corrected chi connectivity index (χ2v) is 7.26. The highest BCUT2D eigenvalue weighted by atomic mass is 32.1. The Hall–Kier alpha value is -2.87. The largest absolute Gasteiger partial charge is 0.462 e. The highest BCUT2D eigenvalue weighted by molar-refractivity contribution is 7.18. The number of esters is 2. The van der Waals surface area contributed by atoms with Gasteiger partial charge in [-0.1, -0.05) is 18.2 Å². The van der Waals surface area contributed by atoms with Crippen molar-refractivity contribution in [2.45, 2.75) is 33.8 Å². The summed E-state index contributed by atoms with van der Waals surface area (Å²) in [7, 11) is 1.47. The van der Waals surface area contributed by atoms with Gasteiger partial charge in [0, 0.05) is 12.6 Å². The van der Waals surface area contributed by atoms with Crippen LogP contribution in [0.15, 0.2) is 18.2 Å². The lowest BCUT2D eigenvalue weighted by molar-refractivity contribution is -0.144. The van der Waals surface area contributed by atoms with E-state index in [-0.39, 0.29) is 40.6 Å². The first kappa shape index (κ1) is 21.4. The number of hydrogen-bond donors (Lipinski definition) is 2. The molecule has 0 aliphatic carbocycles. The molecule has 0 aliphatic heterocycles. The number of carbonyl (C=O) groups is 3. The zero-order valence-corrected chi connectivity index (χ0v) is 17.2. The van der Waals surface area contributed by atoms with Gasteiger partial charge in [-0.05, 0) is 37.5 Å². The molecular formula is C20H24N2O5S. The molecule has 2 aromatic rings. The predicted octanol–water partition coefficient (Wildman–Crippen LogP) is 2.77. The van der Waals surface area contributed by atoms with Crippen LogP contribution in [-0.4, -0.2) is 31.5 Å². The number of nitrogens with two attached hydrogens (primary N) is 1. The van der Waals surface area contributed by atoms with Crippen molar-refractivity contribution in [3.8, 4) is 0 Å². The average Bonchev–Trinajstić information content (AvgIpc) is 2.99. The lowest BCUT2D eigenvalue weighted by Gasteiger charge is -2.09. The standard InChI is InChI=1S/C20H24N2O5S/c1-5-26-20(25)16-14(17(19(24)22-4)28-18(16)21)10-27-15(23)9-13-7-6-11(2)12(3)8-13/h6-8H,5,9-10,21H2,1-4H3,(H,22,24). The summed E-state index contributed by atoms with van der Waals surface area (Å²) in [5, 5.41) is 2.65. The van der Waals surface area contributed by atoms with E-state index in [1.54, 1.807) is 6.92 Å². The number of amides is 1. The molecule has 0 spiro atoms. The summed E-state index contributed by atoms with van der Waals surface area (Å²) in [6.45, 7) is 5.56. The number of ether oxygens (including phenoxy) is 2. The highest BCUT2D eigenvalue weighted by Crippen LogP contribution is 2.32. The maximum Gasteiger partial charge on any atom is 0.341 e. The SMILES string of the molecule is CCOC(=O)c1c(N)sc(C(=O)NC)c1COC(=O)Cc1ccc(C)c(C)c1. The van der Waals surface area contributed by atoms with Gasteiger partial charge in [0.1, 0.15) is 22.0 Å². The van der Waals surface area contributed by atoms with Gasteiger partial charge in [-0.2, -0.15) is 0 Å². The fourth-order valence-corrected chi connectivity index (χ4v) is 3.64. The number of aryl methyl sites for hydroxylation is 2. The highest BCUT2D eigenvalue weighted by Gasteiger charge is 2.27. The maximum absolute atomic E-state index is 12.3. The molecular weight excluding hydrogens is 380 g/mol. The number of hydrogen-bond acceptors (Lipinski definition) is 7. The van der Waals surface area contributed by atoms with Crippen LogP contribution in [0.25, 0.3) is 0 Å². The fourth-order valence-electron chi connectivity index (χ4n) is 2.63. The van der Waals surface area contributed by atoms with Gasteiger partial charge in [-0.3, -0.25) is 9.59 Å². The van der Waals surface area contributed by atoms with Crippen molar-refractivity contribution >= 4 is 34.2 Å². The maximum atomic E-state index is 12.3. The van der Waals surface area contributed by atoms with E-state index in [0.29, 0.717) is 0 Å². The minimum atomic E-state index is -0.647. The molecule has 28 heavy (non-hydrogen) atoms. The minimum Gasteiger partial charge on any atom is -0.462 e. The third-order valence-corrected chi connectivity index (χ3v) is 5.30. The topological polar surface area (TPSA) is 108 Å².